The van der Waals surface area contributed by atoms with Crippen molar-refractivity contribution >= 4 is 16.7 Å². The molecule has 0 bridgehead atoms. The van der Waals surface area contributed by atoms with Crippen molar-refractivity contribution in [2.24, 2.45) is 5.92 Å². The highest BCUT2D eigenvalue weighted by atomic mass is 32.1. The molecule has 1 aromatic rings. The summed E-state index contributed by atoms with van der Waals surface area (Å²) in [5.41, 5.74) is 0. The summed E-state index contributed by atoms with van der Waals surface area (Å²) in [7, 11) is 0. The maximum absolute atomic E-state index is 12.1. The largest absolute Gasteiger partial charge is 0.452 e. The molecule has 2 unspecified atom stereocenters. The molecule has 0 spiro atoms. The Bertz CT molecular complexity index is 335. The third-order valence-corrected chi connectivity index (χ3v) is 2.74. The minimum absolute atomic E-state index is 0.256. The second-order valence-corrected chi connectivity index (χ2v) is 4.14. The van der Waals surface area contributed by atoms with Crippen LogP contribution in [0.4, 0.5) is 18.3 Å². The van der Waals surface area contributed by atoms with Crippen molar-refractivity contribution < 1.29 is 13.2 Å². The Morgan fingerprint density at radius 1 is 1.50 bits per heavy atom. The molecule has 1 heterocycles. The fraction of sp³-hybridized carbons (Fsp3) is 0.714. The van der Waals surface area contributed by atoms with Gasteiger partial charge in [0.15, 0.2) is 0 Å². The molecule has 1 N–H and O–H groups in total. The van der Waals surface area contributed by atoms with Crippen molar-refractivity contribution in [3.8, 4) is 0 Å². The predicted octanol–water partition coefficient (Wildman–Crippen LogP) is 2.38. The summed E-state index contributed by atoms with van der Waals surface area (Å²) in [6, 6.07) is 0.268. The van der Waals surface area contributed by atoms with Gasteiger partial charge in [0, 0.05) is 17.6 Å². The van der Waals surface area contributed by atoms with Crippen molar-refractivity contribution in [3.05, 3.63) is 5.82 Å². The lowest BCUT2D eigenvalue weighted by Crippen LogP contribution is -2.08. The van der Waals surface area contributed by atoms with Gasteiger partial charge in [-0.05, 0) is 12.3 Å². The molecule has 0 radical (unpaired) electrons. The molecular weight excluding hydrogens is 215 g/mol. The molecule has 14 heavy (non-hydrogen) atoms. The number of hydrogen-bond acceptors (Lipinski definition) is 4. The number of hydrogen-bond donors (Lipinski definition) is 1. The van der Waals surface area contributed by atoms with E-state index in [4.69, 9.17) is 0 Å². The SMILES string of the molecule is CC1CC1Nc1nc(C(F)(F)F)ns1. The van der Waals surface area contributed by atoms with Gasteiger partial charge in [-0.2, -0.15) is 22.5 Å². The first-order chi connectivity index (χ1) is 6.47. The maximum atomic E-state index is 12.1. The van der Waals surface area contributed by atoms with Gasteiger partial charge in [0.05, 0.1) is 0 Å². The van der Waals surface area contributed by atoms with Crippen LogP contribution in [0.1, 0.15) is 19.2 Å². The van der Waals surface area contributed by atoms with Gasteiger partial charge in [0.1, 0.15) is 0 Å². The highest BCUT2D eigenvalue weighted by molar-refractivity contribution is 7.09. The summed E-state index contributed by atoms with van der Waals surface area (Å²) in [5.74, 6) is -0.536. The number of alkyl halides is 3. The van der Waals surface area contributed by atoms with Crippen LogP contribution in [0.2, 0.25) is 0 Å². The lowest BCUT2D eigenvalue weighted by Gasteiger charge is -1.99. The molecule has 1 aliphatic rings. The standard InChI is InChI=1S/C7H8F3N3S/c1-3-2-4(3)11-6-12-5(13-14-6)7(8,9)10/h3-4H,2H2,1H3,(H,11,12,13). The van der Waals surface area contributed by atoms with Gasteiger partial charge in [-0.25, -0.2) is 0 Å². The van der Waals surface area contributed by atoms with Crippen LogP contribution in [-0.2, 0) is 6.18 Å². The first-order valence-electron chi connectivity index (χ1n) is 4.14. The number of anilines is 1. The zero-order chi connectivity index (χ0) is 10.3. The van der Waals surface area contributed by atoms with Gasteiger partial charge in [-0.3, -0.25) is 0 Å². The van der Waals surface area contributed by atoms with Crippen molar-refractivity contribution in [1.29, 1.82) is 0 Å². The Kier molecular flexibility index (Phi) is 2.13. The first-order valence-corrected chi connectivity index (χ1v) is 4.91. The molecule has 3 nitrogen and oxygen atoms in total. The summed E-state index contributed by atoms with van der Waals surface area (Å²) in [4.78, 5) is 3.37. The van der Waals surface area contributed by atoms with Crippen LogP contribution in [0, 0.1) is 5.92 Å². The van der Waals surface area contributed by atoms with Crippen LogP contribution in [0.5, 0.6) is 0 Å². The fourth-order valence-corrected chi connectivity index (χ4v) is 1.73. The fourth-order valence-electron chi connectivity index (χ4n) is 1.08. The van der Waals surface area contributed by atoms with Gasteiger partial charge in [-0.15, -0.1) is 0 Å². The maximum Gasteiger partial charge on any atom is 0.452 e. The van der Waals surface area contributed by atoms with E-state index in [-0.39, 0.29) is 11.2 Å². The molecule has 1 aromatic heterocycles. The van der Waals surface area contributed by atoms with E-state index in [1.165, 1.54) is 0 Å². The van der Waals surface area contributed by atoms with Gasteiger partial charge < -0.3 is 5.32 Å². The first kappa shape index (κ1) is 9.70. The molecule has 1 fully saturated rings. The van der Waals surface area contributed by atoms with E-state index < -0.39 is 12.0 Å². The van der Waals surface area contributed by atoms with Crippen molar-refractivity contribution in [2.45, 2.75) is 25.6 Å². The Labute approximate surface area is 82.5 Å². The topological polar surface area (TPSA) is 37.8 Å². The third-order valence-electron chi connectivity index (χ3n) is 2.10. The van der Waals surface area contributed by atoms with Crippen LogP contribution in [-0.4, -0.2) is 15.4 Å². The number of nitrogens with zero attached hydrogens (tertiary/aromatic N) is 2. The smallest absolute Gasteiger partial charge is 0.357 e. The van der Waals surface area contributed by atoms with Crippen molar-refractivity contribution in [3.63, 3.8) is 0 Å². The van der Waals surface area contributed by atoms with Gasteiger partial charge in [0.2, 0.25) is 11.0 Å². The predicted molar refractivity (Wildman–Crippen MR) is 46.1 cm³/mol. The molecule has 78 valence electrons. The summed E-state index contributed by atoms with van der Waals surface area (Å²) >= 11 is 0.755. The van der Waals surface area contributed by atoms with Crippen LogP contribution >= 0.6 is 11.5 Å². The lowest BCUT2D eigenvalue weighted by atomic mass is 10.5. The van der Waals surface area contributed by atoms with Gasteiger partial charge >= 0.3 is 6.18 Å². The van der Waals surface area contributed by atoms with E-state index in [0.717, 1.165) is 18.0 Å². The number of nitrogens with one attached hydrogen (secondary N) is 1. The monoisotopic (exact) mass is 223 g/mol. The third kappa shape index (κ3) is 1.97. The van der Waals surface area contributed by atoms with Crippen LogP contribution in [0.15, 0.2) is 0 Å². The second kappa shape index (κ2) is 3.08. The van der Waals surface area contributed by atoms with E-state index in [9.17, 15) is 13.2 Å². The molecule has 7 heteroatoms. The normalized spacial score (nSPS) is 26.3. The molecule has 1 saturated carbocycles. The number of rotatable bonds is 2. The summed E-state index contributed by atoms with van der Waals surface area (Å²) in [6.45, 7) is 2.03. The van der Waals surface area contributed by atoms with Crippen molar-refractivity contribution in [1.82, 2.24) is 9.36 Å². The summed E-state index contributed by atoms with van der Waals surface area (Å²) in [6.07, 6.45) is -3.45. The Balaban J connectivity index is 2.03. The Morgan fingerprint density at radius 3 is 2.57 bits per heavy atom. The average Bonchev–Trinajstić information content (AvgIpc) is 2.60. The van der Waals surface area contributed by atoms with Crippen LogP contribution < -0.4 is 5.32 Å². The number of halogens is 3. The van der Waals surface area contributed by atoms with Gasteiger partial charge in [0.25, 0.3) is 0 Å². The van der Waals surface area contributed by atoms with Crippen LogP contribution in [0.3, 0.4) is 0 Å². The lowest BCUT2D eigenvalue weighted by molar-refractivity contribution is -0.144. The molecule has 0 saturated heterocycles. The zero-order valence-electron chi connectivity index (χ0n) is 7.30. The summed E-state index contributed by atoms with van der Waals surface area (Å²) < 4.78 is 39.5. The Morgan fingerprint density at radius 2 is 2.14 bits per heavy atom. The van der Waals surface area contributed by atoms with Crippen LogP contribution in [0.25, 0.3) is 0 Å². The average molecular weight is 223 g/mol. The summed E-state index contributed by atoms with van der Waals surface area (Å²) in [5, 5.41) is 3.16. The molecule has 1 aliphatic carbocycles. The van der Waals surface area contributed by atoms with E-state index in [1.807, 2.05) is 6.92 Å². The second-order valence-electron chi connectivity index (χ2n) is 3.38. The molecular formula is C7H8F3N3S. The van der Waals surface area contributed by atoms with Crippen molar-refractivity contribution in [2.75, 3.05) is 5.32 Å². The highest BCUT2D eigenvalue weighted by Gasteiger charge is 2.37. The number of aromatic nitrogens is 2. The zero-order valence-corrected chi connectivity index (χ0v) is 8.11. The van der Waals surface area contributed by atoms with E-state index >= 15 is 0 Å². The molecule has 0 amide bonds. The van der Waals surface area contributed by atoms with E-state index in [0.29, 0.717) is 5.92 Å². The van der Waals surface area contributed by atoms with E-state index in [2.05, 4.69) is 14.7 Å². The van der Waals surface area contributed by atoms with Gasteiger partial charge in [-0.1, -0.05) is 6.92 Å². The highest BCUT2D eigenvalue weighted by Crippen LogP contribution is 2.34. The Hall–Kier alpha value is -0.850. The molecule has 0 aliphatic heterocycles. The molecule has 0 aromatic carbocycles. The quantitative estimate of drug-likeness (QED) is 0.836. The minimum Gasteiger partial charge on any atom is -0.357 e. The minimum atomic E-state index is -4.44. The van der Waals surface area contributed by atoms with E-state index in [1.54, 1.807) is 0 Å². The molecule has 2 atom stereocenters. The molecule has 2 rings (SSSR count).